The maximum Gasteiger partial charge on any atom is 0.240 e. The van der Waals surface area contributed by atoms with Crippen LogP contribution in [0, 0.1) is 11.7 Å². The number of likely N-dealkylation sites (tertiary alicyclic amines) is 1. The summed E-state index contributed by atoms with van der Waals surface area (Å²) in [6.45, 7) is 2.87. The van der Waals surface area contributed by atoms with E-state index in [1.165, 1.54) is 18.2 Å². The van der Waals surface area contributed by atoms with Crippen molar-refractivity contribution in [1.82, 2.24) is 14.6 Å². The molecule has 1 unspecified atom stereocenters. The van der Waals surface area contributed by atoms with Crippen LogP contribution in [0.15, 0.2) is 53.6 Å². The highest BCUT2D eigenvalue weighted by Crippen LogP contribution is 2.18. The summed E-state index contributed by atoms with van der Waals surface area (Å²) in [6.07, 6.45) is 2.70. The van der Waals surface area contributed by atoms with Gasteiger partial charge in [-0.25, -0.2) is 17.5 Å². The van der Waals surface area contributed by atoms with Crippen LogP contribution in [0.4, 0.5) is 4.39 Å². The molecule has 1 fully saturated rings. The molecule has 1 aromatic heterocycles. The molecule has 1 aromatic carbocycles. The van der Waals surface area contributed by atoms with Crippen LogP contribution in [-0.4, -0.2) is 37.9 Å². The Labute approximate surface area is 141 Å². The zero-order chi connectivity index (χ0) is 17.0. The van der Waals surface area contributed by atoms with Gasteiger partial charge in [0.05, 0.1) is 10.6 Å². The lowest BCUT2D eigenvalue weighted by atomic mass is 10.1. The van der Waals surface area contributed by atoms with Gasteiger partial charge in [0.2, 0.25) is 10.0 Å². The first kappa shape index (κ1) is 17.0. The first-order chi connectivity index (χ1) is 11.5. The fourth-order valence-corrected chi connectivity index (χ4v) is 4.04. The molecular formula is C17H20FN3O2S. The average molecular weight is 349 g/mol. The van der Waals surface area contributed by atoms with Gasteiger partial charge in [-0.3, -0.25) is 9.88 Å². The van der Waals surface area contributed by atoms with Crippen LogP contribution in [0.25, 0.3) is 0 Å². The molecule has 0 bridgehead atoms. The lowest BCUT2D eigenvalue weighted by Crippen LogP contribution is -2.31. The smallest absolute Gasteiger partial charge is 0.240 e. The van der Waals surface area contributed by atoms with Crippen LogP contribution in [0.3, 0.4) is 0 Å². The van der Waals surface area contributed by atoms with Crippen molar-refractivity contribution in [3.63, 3.8) is 0 Å². The third kappa shape index (κ3) is 4.37. The monoisotopic (exact) mass is 349 g/mol. The van der Waals surface area contributed by atoms with Gasteiger partial charge in [0.1, 0.15) is 5.82 Å². The summed E-state index contributed by atoms with van der Waals surface area (Å²) in [5, 5.41) is 0. The van der Waals surface area contributed by atoms with Crippen molar-refractivity contribution in [1.29, 1.82) is 0 Å². The van der Waals surface area contributed by atoms with Crippen LogP contribution < -0.4 is 4.72 Å². The van der Waals surface area contributed by atoms with E-state index in [1.54, 1.807) is 6.20 Å². The van der Waals surface area contributed by atoms with Gasteiger partial charge < -0.3 is 0 Å². The normalized spacial score (nSPS) is 18.8. The highest BCUT2D eigenvalue weighted by molar-refractivity contribution is 7.89. The van der Waals surface area contributed by atoms with Crippen molar-refractivity contribution in [2.24, 2.45) is 5.92 Å². The van der Waals surface area contributed by atoms with Gasteiger partial charge in [-0.05, 0) is 49.2 Å². The second kappa shape index (κ2) is 7.38. The standard InChI is InChI=1S/C17H20FN3O2S/c18-15-4-3-6-17(10-15)24(22,23)20-11-14-7-9-21(12-14)13-16-5-1-2-8-19-16/h1-6,8,10,14,20H,7,9,11-13H2. The average Bonchev–Trinajstić information content (AvgIpc) is 3.02. The number of benzene rings is 1. The summed E-state index contributed by atoms with van der Waals surface area (Å²) in [6, 6.07) is 10.9. The first-order valence-electron chi connectivity index (χ1n) is 7.90. The van der Waals surface area contributed by atoms with E-state index in [0.29, 0.717) is 6.54 Å². The molecule has 0 saturated carbocycles. The number of aromatic nitrogens is 1. The molecule has 0 amide bonds. The van der Waals surface area contributed by atoms with E-state index in [4.69, 9.17) is 0 Å². The molecule has 1 N–H and O–H groups in total. The molecule has 0 radical (unpaired) electrons. The van der Waals surface area contributed by atoms with Crippen molar-refractivity contribution in [3.05, 3.63) is 60.2 Å². The summed E-state index contributed by atoms with van der Waals surface area (Å²) >= 11 is 0. The van der Waals surface area contributed by atoms with E-state index in [-0.39, 0.29) is 10.8 Å². The van der Waals surface area contributed by atoms with Crippen molar-refractivity contribution in [2.75, 3.05) is 19.6 Å². The molecule has 1 saturated heterocycles. The van der Waals surface area contributed by atoms with Gasteiger partial charge in [0.15, 0.2) is 0 Å². The Hall–Kier alpha value is -1.83. The molecule has 0 aliphatic carbocycles. The number of pyridine rings is 1. The molecule has 0 spiro atoms. The third-order valence-electron chi connectivity index (χ3n) is 4.15. The van der Waals surface area contributed by atoms with Crippen molar-refractivity contribution >= 4 is 10.0 Å². The second-order valence-electron chi connectivity index (χ2n) is 6.02. The van der Waals surface area contributed by atoms with Crippen molar-refractivity contribution in [3.8, 4) is 0 Å². The lowest BCUT2D eigenvalue weighted by molar-refractivity contribution is 0.313. The van der Waals surface area contributed by atoms with Crippen molar-refractivity contribution in [2.45, 2.75) is 17.9 Å². The Morgan fingerprint density at radius 3 is 2.88 bits per heavy atom. The topological polar surface area (TPSA) is 62.3 Å². The Bertz CT molecular complexity index is 783. The minimum atomic E-state index is -3.67. The first-order valence-corrected chi connectivity index (χ1v) is 9.39. The largest absolute Gasteiger partial charge is 0.297 e. The van der Waals surface area contributed by atoms with Gasteiger partial charge in [0, 0.05) is 25.8 Å². The number of halogens is 1. The SMILES string of the molecule is O=S(=O)(NCC1CCN(Cc2ccccn2)C1)c1cccc(F)c1. The lowest BCUT2D eigenvalue weighted by Gasteiger charge is -2.16. The highest BCUT2D eigenvalue weighted by atomic mass is 32.2. The van der Waals surface area contributed by atoms with Crippen molar-refractivity contribution < 1.29 is 12.8 Å². The number of hydrogen-bond acceptors (Lipinski definition) is 4. The predicted octanol–water partition coefficient (Wildman–Crippen LogP) is 2.02. The Morgan fingerprint density at radius 2 is 2.12 bits per heavy atom. The third-order valence-corrected chi connectivity index (χ3v) is 5.57. The molecule has 24 heavy (non-hydrogen) atoms. The fourth-order valence-electron chi connectivity index (χ4n) is 2.89. The minimum absolute atomic E-state index is 0.0363. The molecule has 7 heteroatoms. The van der Waals surface area contributed by atoms with E-state index >= 15 is 0 Å². The molecule has 2 aromatic rings. The van der Waals surface area contributed by atoms with E-state index in [9.17, 15) is 12.8 Å². The molecule has 128 valence electrons. The molecular weight excluding hydrogens is 329 g/mol. The highest BCUT2D eigenvalue weighted by Gasteiger charge is 2.24. The molecule has 5 nitrogen and oxygen atoms in total. The molecule has 2 heterocycles. The Morgan fingerprint density at radius 1 is 1.25 bits per heavy atom. The number of hydrogen-bond donors (Lipinski definition) is 1. The van der Waals surface area contributed by atoms with Crippen LogP contribution >= 0.6 is 0 Å². The number of rotatable bonds is 6. The number of nitrogens with zero attached hydrogens (tertiary/aromatic N) is 2. The molecule has 3 rings (SSSR count). The predicted molar refractivity (Wildman–Crippen MR) is 89.2 cm³/mol. The fraction of sp³-hybridized carbons (Fsp3) is 0.353. The molecule has 1 aliphatic rings. The van der Waals surface area contributed by atoms with E-state index < -0.39 is 15.8 Å². The van der Waals surface area contributed by atoms with E-state index in [2.05, 4.69) is 14.6 Å². The molecule has 1 atom stereocenters. The van der Waals surface area contributed by atoms with Gasteiger partial charge in [0.25, 0.3) is 0 Å². The summed E-state index contributed by atoms with van der Waals surface area (Å²) in [7, 11) is -3.67. The quantitative estimate of drug-likeness (QED) is 0.867. The van der Waals surface area contributed by atoms with E-state index in [0.717, 1.165) is 37.8 Å². The maximum absolute atomic E-state index is 13.2. The number of sulfonamides is 1. The summed E-state index contributed by atoms with van der Waals surface area (Å²) < 4.78 is 40.2. The van der Waals surface area contributed by atoms with Gasteiger partial charge >= 0.3 is 0 Å². The zero-order valence-corrected chi connectivity index (χ0v) is 14.0. The summed E-state index contributed by atoms with van der Waals surface area (Å²) in [4.78, 5) is 6.54. The Kier molecular flexibility index (Phi) is 5.23. The van der Waals surface area contributed by atoms with Crippen LogP contribution in [0.1, 0.15) is 12.1 Å². The summed E-state index contributed by atoms with van der Waals surface area (Å²) in [5.74, 6) is -0.308. The molecule has 1 aliphatic heterocycles. The van der Waals surface area contributed by atoms with Crippen LogP contribution in [0.5, 0.6) is 0 Å². The maximum atomic E-state index is 13.2. The van der Waals surface area contributed by atoms with Crippen LogP contribution in [0.2, 0.25) is 0 Å². The van der Waals surface area contributed by atoms with Gasteiger partial charge in [-0.15, -0.1) is 0 Å². The Balaban J connectivity index is 1.52. The van der Waals surface area contributed by atoms with E-state index in [1.807, 2.05) is 18.2 Å². The van der Waals surface area contributed by atoms with Gasteiger partial charge in [-0.2, -0.15) is 0 Å². The minimum Gasteiger partial charge on any atom is -0.297 e. The van der Waals surface area contributed by atoms with Gasteiger partial charge in [-0.1, -0.05) is 12.1 Å². The summed E-state index contributed by atoms with van der Waals surface area (Å²) in [5.41, 5.74) is 1.01. The van der Waals surface area contributed by atoms with Crippen LogP contribution in [-0.2, 0) is 16.6 Å². The second-order valence-corrected chi connectivity index (χ2v) is 7.79. The number of nitrogens with one attached hydrogen (secondary N) is 1. The zero-order valence-electron chi connectivity index (χ0n) is 13.2.